The van der Waals surface area contributed by atoms with E-state index in [1.54, 1.807) is 0 Å². The highest BCUT2D eigenvalue weighted by molar-refractivity contribution is 5.84. The van der Waals surface area contributed by atoms with E-state index in [1.807, 2.05) is 13.8 Å². The summed E-state index contributed by atoms with van der Waals surface area (Å²) in [6, 6.07) is 0. The number of carboxylic acid groups (broad SMARTS) is 1. The van der Waals surface area contributed by atoms with E-state index in [0.29, 0.717) is 0 Å². The second kappa shape index (κ2) is 6.21. The third-order valence-electron chi connectivity index (χ3n) is 0.348. The van der Waals surface area contributed by atoms with E-state index in [1.165, 1.54) is 6.92 Å². The van der Waals surface area contributed by atoms with Gasteiger partial charge in [0.1, 0.15) is 0 Å². The summed E-state index contributed by atoms with van der Waals surface area (Å²) in [7, 11) is 0. The topological polar surface area (TPSA) is 37.3 Å². The molecule has 0 fully saturated rings. The zero-order valence-electron chi connectivity index (χ0n) is 6.52. The highest BCUT2D eigenvalue weighted by Crippen LogP contribution is 1.81. The van der Waals surface area contributed by atoms with Gasteiger partial charge in [-0.25, -0.2) is 4.79 Å². The minimum atomic E-state index is -0.681. The summed E-state index contributed by atoms with van der Waals surface area (Å²) in [5, 5.41) is 3.52. The van der Waals surface area contributed by atoms with Crippen LogP contribution >= 0.6 is 0 Å². The number of hydrogen-bond donors (Lipinski definition) is 1. The maximum atomic E-state index is 10.0. The van der Waals surface area contributed by atoms with Crippen LogP contribution in [0.1, 0.15) is 20.8 Å². The summed E-state index contributed by atoms with van der Waals surface area (Å²) in [5.74, 6) is -0.681. The standard InChI is InChI=1S/C4H6O2.C2H6/c1-3(2)4(5)6;1-2/h1H2,2H3,(H,5,6);1-2H3/i/hD. The molecule has 2 heteroatoms. The van der Waals surface area contributed by atoms with Crippen molar-refractivity contribution in [2.24, 2.45) is 0 Å². The largest absolute Gasteiger partial charge is 0.478 e. The number of hydrogen-bond acceptors (Lipinski definition) is 2. The highest BCUT2D eigenvalue weighted by Gasteiger charge is 1.90. The molecule has 0 aliphatic carbocycles. The molecule has 1 N–H and O–H groups in total. The van der Waals surface area contributed by atoms with Crippen molar-refractivity contribution in [1.82, 2.24) is 0 Å². The summed E-state index contributed by atoms with van der Waals surface area (Å²) in [6.45, 7) is 8.71. The molecule has 0 spiro atoms. The fourth-order valence-corrected chi connectivity index (χ4v) is 0. The number of carbonyl (C=O) groups is 1. The monoisotopic (exact) mass is 117 g/mol. The number of rotatable bonds is 1. The van der Waals surface area contributed by atoms with Gasteiger partial charge in [0, 0.05) is 5.57 Å². The van der Waals surface area contributed by atoms with Crippen LogP contribution in [-0.4, -0.2) is 11.1 Å². The van der Waals surface area contributed by atoms with E-state index in [4.69, 9.17) is 1.43 Å². The maximum absolute atomic E-state index is 10.0. The summed E-state index contributed by atoms with van der Waals surface area (Å²) >= 11 is 0. The Balaban J connectivity index is 0. The van der Waals surface area contributed by atoms with Crippen molar-refractivity contribution >= 4 is 5.97 Å². The third-order valence-corrected chi connectivity index (χ3v) is 0.348. The molecule has 8 heavy (non-hydrogen) atoms. The van der Waals surface area contributed by atoms with E-state index in [2.05, 4.69) is 11.7 Å². The summed E-state index contributed by atoms with van der Waals surface area (Å²) in [6.07, 6.45) is 0. The van der Waals surface area contributed by atoms with Crippen LogP contribution in [0, 0.1) is 0 Å². The van der Waals surface area contributed by atoms with Gasteiger partial charge in [-0.1, -0.05) is 20.4 Å². The lowest BCUT2D eigenvalue weighted by atomic mass is 10.4. The van der Waals surface area contributed by atoms with Gasteiger partial charge in [-0.2, -0.15) is 0 Å². The Morgan fingerprint density at radius 1 is 1.75 bits per heavy atom. The van der Waals surface area contributed by atoms with Gasteiger partial charge in [-0.3, -0.25) is 0 Å². The van der Waals surface area contributed by atoms with Crippen LogP contribution in [0.4, 0.5) is 0 Å². The molecular weight excluding hydrogens is 104 g/mol. The molecule has 0 unspecified atom stereocenters. The fraction of sp³-hybridized carbons (Fsp3) is 0.500. The Bertz CT molecular complexity index is 99.2. The first-order valence-corrected chi connectivity index (χ1v) is 2.51. The smallest absolute Gasteiger partial charge is 0.330 e. The molecule has 2 nitrogen and oxygen atoms in total. The molecule has 0 aromatic rings. The highest BCUT2D eigenvalue weighted by atomic mass is 16.4. The van der Waals surface area contributed by atoms with Gasteiger partial charge in [0.05, 0.1) is 0 Å². The van der Waals surface area contributed by atoms with E-state index in [9.17, 15) is 4.79 Å². The minimum Gasteiger partial charge on any atom is -0.478 e. The molecule has 48 valence electrons. The summed E-state index contributed by atoms with van der Waals surface area (Å²) in [4.78, 5) is 10.0. The minimum absolute atomic E-state index is 0.245. The first-order valence-electron chi connectivity index (χ1n) is 2.92. The van der Waals surface area contributed by atoms with Crippen molar-refractivity contribution < 1.29 is 9.90 Å². The van der Waals surface area contributed by atoms with Gasteiger partial charge in [0.15, 0.2) is 0 Å². The number of carboxylic acids is 1. The third kappa shape index (κ3) is 8.96. The van der Waals surface area contributed by atoms with Crippen molar-refractivity contribution in [3.63, 3.8) is 0 Å². The van der Waals surface area contributed by atoms with Crippen molar-refractivity contribution in [2.75, 3.05) is 0 Å². The SMILES string of the molecule is CC.[2H]OC(=O)C(=C)C. The van der Waals surface area contributed by atoms with Gasteiger partial charge >= 0.3 is 5.97 Å². The van der Waals surface area contributed by atoms with Crippen molar-refractivity contribution in [1.29, 1.82) is 1.43 Å². The van der Waals surface area contributed by atoms with Gasteiger partial charge in [-0.15, -0.1) is 0 Å². The molecule has 0 aliphatic heterocycles. The van der Waals surface area contributed by atoms with Crippen molar-refractivity contribution in [2.45, 2.75) is 20.8 Å². The van der Waals surface area contributed by atoms with E-state index in [0.717, 1.165) is 0 Å². The molecule has 0 atom stereocenters. The summed E-state index contributed by atoms with van der Waals surface area (Å²) < 4.78 is 6.03. The lowest BCUT2D eigenvalue weighted by Gasteiger charge is -1.79. The van der Waals surface area contributed by atoms with Crippen LogP contribution in [0.5, 0.6) is 0 Å². The Hall–Kier alpha value is -0.790. The molecule has 0 bridgehead atoms. The van der Waals surface area contributed by atoms with Crippen LogP contribution in [0.2, 0.25) is 0 Å². The van der Waals surface area contributed by atoms with Crippen LogP contribution in [0.3, 0.4) is 0 Å². The number of aliphatic carboxylic acids is 1. The van der Waals surface area contributed by atoms with Gasteiger partial charge in [-0.05, 0) is 6.92 Å². The van der Waals surface area contributed by atoms with E-state index >= 15 is 0 Å². The first-order chi connectivity index (χ1) is 4.18. The van der Waals surface area contributed by atoms with Crippen LogP contribution in [-0.2, 0) is 4.79 Å². The van der Waals surface area contributed by atoms with Crippen molar-refractivity contribution in [3.8, 4) is 0 Å². The average Bonchev–Trinajstić information content (AvgIpc) is 1.91. The molecule has 0 heterocycles. The molecule has 0 amide bonds. The van der Waals surface area contributed by atoms with Gasteiger partial charge in [0.25, 0.3) is 1.43 Å². The predicted molar refractivity (Wildman–Crippen MR) is 33.8 cm³/mol. The van der Waals surface area contributed by atoms with Crippen LogP contribution in [0.15, 0.2) is 12.2 Å². The van der Waals surface area contributed by atoms with Gasteiger partial charge < -0.3 is 5.11 Å². The molecule has 0 radical (unpaired) electrons. The molecule has 0 aliphatic rings. The quantitative estimate of drug-likeness (QED) is 0.530. The molecule has 0 saturated heterocycles. The molecule has 0 saturated carbocycles. The van der Waals surface area contributed by atoms with Crippen molar-refractivity contribution in [3.05, 3.63) is 12.2 Å². The Morgan fingerprint density at radius 3 is 2.12 bits per heavy atom. The Morgan fingerprint density at radius 2 is 2.12 bits per heavy atom. The molecule has 0 aromatic heterocycles. The zero-order chi connectivity index (χ0) is 7.86. The van der Waals surface area contributed by atoms with Gasteiger partial charge in [0.2, 0.25) is 0 Å². The van der Waals surface area contributed by atoms with Crippen LogP contribution < -0.4 is 0 Å². The molecule has 0 rings (SSSR count). The summed E-state index contributed by atoms with van der Waals surface area (Å²) in [5.41, 5.74) is 0.245. The molecular formula is C6H12O2. The van der Waals surface area contributed by atoms with Crippen LogP contribution in [0.25, 0.3) is 1.43 Å². The lowest BCUT2D eigenvalue weighted by molar-refractivity contribution is -0.132. The lowest BCUT2D eigenvalue weighted by Crippen LogP contribution is -1.92. The fourth-order valence-electron chi connectivity index (χ4n) is 0. The normalized spacial score (nSPS) is 7.62. The second-order valence-electron chi connectivity index (χ2n) is 1.07. The second-order valence-corrected chi connectivity index (χ2v) is 1.07. The Kier molecular flexibility index (Phi) is 5.60. The first kappa shape index (κ1) is 7.21. The maximum Gasteiger partial charge on any atom is 0.330 e. The average molecular weight is 117 g/mol. The predicted octanol–water partition coefficient (Wildman–Crippen LogP) is 1.67. The zero-order valence-corrected chi connectivity index (χ0v) is 5.52. The Labute approximate surface area is 51.3 Å². The molecule has 0 aromatic carbocycles. The van der Waals surface area contributed by atoms with E-state index < -0.39 is 5.97 Å². The van der Waals surface area contributed by atoms with E-state index in [-0.39, 0.29) is 5.57 Å².